The Morgan fingerprint density at radius 2 is 1.48 bits per heavy atom. The molecule has 2 heteroatoms. The Kier molecular flexibility index (Phi) is 6.03. The Labute approximate surface area is 160 Å². The van der Waals surface area contributed by atoms with Crippen molar-refractivity contribution in [2.75, 3.05) is 0 Å². The first-order valence-corrected chi connectivity index (χ1v) is 9.10. The minimum Gasteiger partial charge on any atom is -0.206 e. The molecule has 0 amide bonds. The fourth-order valence-electron chi connectivity index (χ4n) is 2.81. The number of rotatable bonds is 4. The Hall–Kier alpha value is -3.36. The molecule has 132 valence electrons. The number of nitrogens with zero attached hydrogens (tertiary/aromatic N) is 1. The molecule has 0 fully saturated rings. The van der Waals surface area contributed by atoms with Crippen LogP contribution in [-0.4, -0.2) is 0 Å². The van der Waals surface area contributed by atoms with Crippen LogP contribution in [0.25, 0.3) is 11.1 Å². The highest BCUT2D eigenvalue weighted by atomic mass is 19.1. The van der Waals surface area contributed by atoms with Crippen molar-refractivity contribution in [3.05, 3.63) is 94.8 Å². The monoisotopic (exact) mass is 353 g/mol. The number of hydrogen-bond acceptors (Lipinski definition) is 1. The van der Waals surface area contributed by atoms with Gasteiger partial charge in [0.1, 0.15) is 5.82 Å². The molecule has 3 aromatic carbocycles. The van der Waals surface area contributed by atoms with E-state index < -0.39 is 0 Å². The number of hydrogen-bond donors (Lipinski definition) is 0. The third-order valence-corrected chi connectivity index (χ3v) is 4.43. The third-order valence-electron chi connectivity index (χ3n) is 4.43. The van der Waals surface area contributed by atoms with Gasteiger partial charge in [0.05, 0.1) is 17.2 Å². The quantitative estimate of drug-likeness (QED) is 0.519. The predicted octanol–water partition coefficient (Wildman–Crippen LogP) is 6.11. The van der Waals surface area contributed by atoms with Crippen LogP contribution in [-0.2, 0) is 6.42 Å². The SMILES string of the molecule is CCCCc1ccc(-c2ccc(C#Cc3ccc(C#N)cc3)c(F)c2)cc1. The molecule has 0 aliphatic rings. The van der Waals surface area contributed by atoms with Crippen molar-refractivity contribution in [2.45, 2.75) is 26.2 Å². The lowest BCUT2D eigenvalue weighted by Gasteiger charge is -2.05. The fraction of sp³-hybridized carbons (Fsp3) is 0.160. The topological polar surface area (TPSA) is 23.8 Å². The van der Waals surface area contributed by atoms with E-state index in [1.807, 2.05) is 18.2 Å². The van der Waals surface area contributed by atoms with Gasteiger partial charge in [0.25, 0.3) is 0 Å². The lowest BCUT2D eigenvalue weighted by atomic mass is 10.0. The number of benzene rings is 3. The molecule has 0 N–H and O–H groups in total. The largest absolute Gasteiger partial charge is 0.206 e. The molecule has 0 aromatic heterocycles. The molecule has 3 rings (SSSR count). The van der Waals surface area contributed by atoms with Gasteiger partial charge in [-0.15, -0.1) is 0 Å². The molecule has 0 unspecified atom stereocenters. The van der Waals surface area contributed by atoms with Crippen molar-refractivity contribution in [1.82, 2.24) is 0 Å². The van der Waals surface area contributed by atoms with Crippen LogP contribution in [0.1, 0.15) is 42.0 Å². The van der Waals surface area contributed by atoms with Crippen LogP contribution >= 0.6 is 0 Å². The maximum absolute atomic E-state index is 14.5. The molecule has 0 aliphatic carbocycles. The summed E-state index contributed by atoms with van der Waals surface area (Å²) in [7, 11) is 0. The summed E-state index contributed by atoms with van der Waals surface area (Å²) in [6.45, 7) is 2.18. The number of aryl methyl sites for hydroxylation is 1. The van der Waals surface area contributed by atoms with E-state index in [4.69, 9.17) is 5.26 Å². The van der Waals surface area contributed by atoms with Crippen molar-refractivity contribution in [2.24, 2.45) is 0 Å². The first-order chi connectivity index (χ1) is 13.2. The fourth-order valence-corrected chi connectivity index (χ4v) is 2.81. The smallest absolute Gasteiger partial charge is 0.139 e. The molecule has 3 aromatic rings. The second-order valence-corrected chi connectivity index (χ2v) is 6.43. The van der Waals surface area contributed by atoms with Crippen molar-refractivity contribution < 1.29 is 4.39 Å². The Morgan fingerprint density at radius 3 is 2.11 bits per heavy atom. The minimum atomic E-state index is -0.330. The second kappa shape index (κ2) is 8.84. The first kappa shape index (κ1) is 18.4. The van der Waals surface area contributed by atoms with Crippen molar-refractivity contribution in [3.63, 3.8) is 0 Å². The molecular formula is C25H20FN. The molecule has 0 saturated heterocycles. The van der Waals surface area contributed by atoms with Gasteiger partial charge in [-0.1, -0.05) is 55.5 Å². The average Bonchev–Trinajstić information content (AvgIpc) is 2.72. The molecule has 27 heavy (non-hydrogen) atoms. The lowest BCUT2D eigenvalue weighted by molar-refractivity contribution is 0.625. The zero-order valence-corrected chi connectivity index (χ0v) is 15.3. The van der Waals surface area contributed by atoms with Crippen LogP contribution in [0.2, 0.25) is 0 Å². The summed E-state index contributed by atoms with van der Waals surface area (Å²) in [6.07, 6.45) is 3.44. The third kappa shape index (κ3) is 4.84. The van der Waals surface area contributed by atoms with Gasteiger partial charge in [0, 0.05) is 5.56 Å². The maximum Gasteiger partial charge on any atom is 0.139 e. The molecule has 0 heterocycles. The maximum atomic E-state index is 14.5. The van der Waals surface area contributed by atoms with E-state index in [9.17, 15) is 4.39 Å². The minimum absolute atomic E-state index is 0.330. The van der Waals surface area contributed by atoms with E-state index in [1.165, 1.54) is 24.5 Å². The van der Waals surface area contributed by atoms with E-state index in [2.05, 4.69) is 37.0 Å². The van der Waals surface area contributed by atoms with Gasteiger partial charge >= 0.3 is 0 Å². The summed E-state index contributed by atoms with van der Waals surface area (Å²) >= 11 is 0. The highest BCUT2D eigenvalue weighted by molar-refractivity contribution is 5.65. The summed E-state index contributed by atoms with van der Waals surface area (Å²) in [5, 5.41) is 8.81. The van der Waals surface area contributed by atoms with Gasteiger partial charge in [-0.25, -0.2) is 4.39 Å². The number of halogens is 1. The molecule has 0 bridgehead atoms. The predicted molar refractivity (Wildman–Crippen MR) is 108 cm³/mol. The van der Waals surface area contributed by atoms with Crippen LogP contribution in [0, 0.1) is 29.0 Å². The van der Waals surface area contributed by atoms with Gasteiger partial charge in [0.2, 0.25) is 0 Å². The van der Waals surface area contributed by atoms with Gasteiger partial charge in [-0.05, 0) is 65.9 Å². The van der Waals surface area contributed by atoms with Crippen LogP contribution < -0.4 is 0 Å². The van der Waals surface area contributed by atoms with E-state index in [0.29, 0.717) is 11.1 Å². The number of unbranched alkanes of at least 4 members (excludes halogenated alkanes) is 1. The van der Waals surface area contributed by atoms with Crippen molar-refractivity contribution in [1.29, 1.82) is 5.26 Å². The number of nitriles is 1. The summed E-state index contributed by atoms with van der Waals surface area (Å²) in [6, 6.07) is 22.4. The molecule has 0 spiro atoms. The van der Waals surface area contributed by atoms with E-state index in [-0.39, 0.29) is 5.82 Å². The van der Waals surface area contributed by atoms with Crippen LogP contribution in [0.4, 0.5) is 4.39 Å². The van der Waals surface area contributed by atoms with Gasteiger partial charge in [0.15, 0.2) is 0 Å². The summed E-state index contributed by atoms with van der Waals surface area (Å²) in [5.74, 6) is 5.48. The zero-order valence-electron chi connectivity index (χ0n) is 15.3. The van der Waals surface area contributed by atoms with Gasteiger partial charge in [-0.3, -0.25) is 0 Å². The molecule has 1 nitrogen and oxygen atoms in total. The Bertz CT molecular complexity index is 1010. The molecule has 0 atom stereocenters. The van der Waals surface area contributed by atoms with Crippen molar-refractivity contribution in [3.8, 4) is 29.0 Å². The molecule has 0 saturated carbocycles. The molecular weight excluding hydrogens is 333 g/mol. The first-order valence-electron chi connectivity index (χ1n) is 9.10. The zero-order chi connectivity index (χ0) is 19.1. The van der Waals surface area contributed by atoms with Crippen LogP contribution in [0.5, 0.6) is 0 Å². The second-order valence-electron chi connectivity index (χ2n) is 6.43. The Morgan fingerprint density at radius 1 is 0.815 bits per heavy atom. The standard InChI is InChI=1S/C25H20FN/c1-2-3-4-19-9-12-22(13-10-19)24-16-15-23(25(26)17-24)14-11-20-5-7-21(18-27)8-6-20/h5-10,12-13,15-17H,2-4H2,1H3. The Balaban J connectivity index is 1.77. The lowest BCUT2D eigenvalue weighted by Crippen LogP contribution is -1.88. The van der Waals surface area contributed by atoms with Crippen LogP contribution in [0.3, 0.4) is 0 Å². The van der Waals surface area contributed by atoms with Gasteiger partial charge < -0.3 is 0 Å². The highest BCUT2D eigenvalue weighted by Gasteiger charge is 2.04. The normalized spacial score (nSPS) is 9.96. The summed E-state index contributed by atoms with van der Waals surface area (Å²) in [5.41, 5.74) is 4.85. The van der Waals surface area contributed by atoms with Crippen LogP contribution in [0.15, 0.2) is 66.7 Å². The van der Waals surface area contributed by atoms with Crippen molar-refractivity contribution >= 4 is 0 Å². The summed E-state index contributed by atoms with van der Waals surface area (Å²) in [4.78, 5) is 0. The molecule has 0 radical (unpaired) electrons. The van der Waals surface area contributed by atoms with E-state index in [1.54, 1.807) is 30.3 Å². The van der Waals surface area contributed by atoms with E-state index in [0.717, 1.165) is 23.1 Å². The van der Waals surface area contributed by atoms with Gasteiger partial charge in [-0.2, -0.15) is 5.26 Å². The van der Waals surface area contributed by atoms with E-state index >= 15 is 0 Å². The molecule has 0 aliphatic heterocycles. The highest BCUT2D eigenvalue weighted by Crippen LogP contribution is 2.23. The summed E-state index contributed by atoms with van der Waals surface area (Å²) < 4.78 is 14.5. The average molecular weight is 353 g/mol.